The fourth-order valence-electron chi connectivity index (χ4n) is 2.21. The van der Waals surface area contributed by atoms with Crippen molar-refractivity contribution in [3.05, 3.63) is 35.9 Å². The first-order chi connectivity index (χ1) is 6.43. The second kappa shape index (κ2) is 4.28. The van der Waals surface area contributed by atoms with E-state index in [2.05, 4.69) is 69.0 Å². The molecule has 0 saturated heterocycles. The molecule has 0 spiro atoms. The standard InChI is InChI=1S/C12H21NSi/c1-13(2)12(14(3,4)5)11-9-7-6-8-10-11/h6-10,12H,1-5H3. The van der Waals surface area contributed by atoms with Crippen LogP contribution in [0.25, 0.3) is 0 Å². The van der Waals surface area contributed by atoms with Crippen LogP contribution in [0.3, 0.4) is 0 Å². The highest BCUT2D eigenvalue weighted by Crippen LogP contribution is 2.28. The van der Waals surface area contributed by atoms with Crippen LogP contribution in [0.15, 0.2) is 30.3 Å². The van der Waals surface area contributed by atoms with Gasteiger partial charge in [-0.1, -0.05) is 50.0 Å². The van der Waals surface area contributed by atoms with Gasteiger partial charge in [0.1, 0.15) is 0 Å². The van der Waals surface area contributed by atoms with Crippen molar-refractivity contribution in [2.24, 2.45) is 0 Å². The van der Waals surface area contributed by atoms with Crippen molar-refractivity contribution in [2.75, 3.05) is 14.1 Å². The molecule has 2 heteroatoms. The zero-order valence-electron chi connectivity index (χ0n) is 9.91. The van der Waals surface area contributed by atoms with Crippen LogP contribution in [0.2, 0.25) is 19.6 Å². The predicted octanol–water partition coefficient (Wildman–Crippen LogP) is 3.17. The normalized spacial score (nSPS) is 14.4. The first-order valence-electron chi connectivity index (χ1n) is 5.14. The van der Waals surface area contributed by atoms with Crippen LogP contribution in [0, 0.1) is 0 Å². The van der Waals surface area contributed by atoms with Crippen LogP contribution in [0.1, 0.15) is 11.2 Å². The fraction of sp³-hybridized carbons (Fsp3) is 0.500. The highest BCUT2D eigenvalue weighted by Gasteiger charge is 2.29. The number of nitrogens with zero attached hydrogens (tertiary/aromatic N) is 1. The molecule has 14 heavy (non-hydrogen) atoms. The average molecular weight is 207 g/mol. The Morgan fingerprint density at radius 1 is 1.00 bits per heavy atom. The third-order valence-electron chi connectivity index (χ3n) is 2.45. The number of rotatable bonds is 3. The van der Waals surface area contributed by atoms with E-state index >= 15 is 0 Å². The van der Waals surface area contributed by atoms with Gasteiger partial charge in [0, 0.05) is 5.67 Å². The molecule has 0 radical (unpaired) electrons. The molecule has 0 amide bonds. The summed E-state index contributed by atoms with van der Waals surface area (Å²) in [5, 5.41) is 0. The van der Waals surface area contributed by atoms with E-state index in [9.17, 15) is 0 Å². The van der Waals surface area contributed by atoms with E-state index in [1.54, 1.807) is 0 Å². The monoisotopic (exact) mass is 207 g/mol. The van der Waals surface area contributed by atoms with Crippen molar-refractivity contribution in [1.82, 2.24) is 4.90 Å². The average Bonchev–Trinajstić information content (AvgIpc) is 2.02. The summed E-state index contributed by atoms with van der Waals surface area (Å²) in [6.45, 7) is 7.26. The van der Waals surface area contributed by atoms with Crippen LogP contribution in [0.4, 0.5) is 0 Å². The molecule has 0 N–H and O–H groups in total. The Morgan fingerprint density at radius 2 is 1.50 bits per heavy atom. The molecule has 0 aliphatic carbocycles. The Labute approximate surface area is 88.8 Å². The molecular formula is C12H21NSi. The minimum Gasteiger partial charge on any atom is -0.305 e. The number of hydrogen-bond acceptors (Lipinski definition) is 1. The zero-order valence-corrected chi connectivity index (χ0v) is 10.9. The van der Waals surface area contributed by atoms with Gasteiger partial charge < -0.3 is 4.90 Å². The Bertz CT molecular complexity index is 274. The topological polar surface area (TPSA) is 3.24 Å². The zero-order chi connectivity index (χ0) is 10.8. The van der Waals surface area contributed by atoms with E-state index in [1.165, 1.54) is 5.56 Å². The van der Waals surface area contributed by atoms with Crippen LogP contribution in [0.5, 0.6) is 0 Å². The van der Waals surface area contributed by atoms with E-state index in [4.69, 9.17) is 0 Å². The lowest BCUT2D eigenvalue weighted by Gasteiger charge is -2.35. The van der Waals surface area contributed by atoms with E-state index < -0.39 is 8.07 Å². The van der Waals surface area contributed by atoms with Crippen molar-refractivity contribution in [2.45, 2.75) is 25.3 Å². The summed E-state index contributed by atoms with van der Waals surface area (Å²) in [5.74, 6) is 0. The first kappa shape index (κ1) is 11.5. The number of benzene rings is 1. The minimum atomic E-state index is -1.16. The molecule has 0 saturated carbocycles. The molecule has 0 aliphatic heterocycles. The van der Waals surface area contributed by atoms with Crippen molar-refractivity contribution < 1.29 is 0 Å². The lowest BCUT2D eigenvalue weighted by molar-refractivity contribution is 0.371. The van der Waals surface area contributed by atoms with Crippen LogP contribution in [-0.2, 0) is 0 Å². The van der Waals surface area contributed by atoms with Crippen molar-refractivity contribution in [3.63, 3.8) is 0 Å². The van der Waals surface area contributed by atoms with Crippen LogP contribution < -0.4 is 0 Å². The maximum absolute atomic E-state index is 2.42. The highest BCUT2D eigenvalue weighted by molar-refractivity contribution is 6.77. The SMILES string of the molecule is CN(C)C(c1ccccc1)[Si](C)(C)C. The Balaban J connectivity index is 3.02. The summed E-state index contributed by atoms with van der Waals surface area (Å²) in [7, 11) is 3.19. The summed E-state index contributed by atoms with van der Waals surface area (Å²) in [5.41, 5.74) is 2.07. The summed E-state index contributed by atoms with van der Waals surface area (Å²) >= 11 is 0. The van der Waals surface area contributed by atoms with Gasteiger partial charge in [0.15, 0.2) is 0 Å². The summed E-state index contributed by atoms with van der Waals surface area (Å²) in [4.78, 5) is 2.35. The maximum Gasteiger partial charge on any atom is 0.0694 e. The van der Waals surface area contributed by atoms with E-state index in [0.717, 1.165) is 0 Å². The van der Waals surface area contributed by atoms with E-state index in [1.807, 2.05) is 0 Å². The van der Waals surface area contributed by atoms with Gasteiger partial charge in [-0.05, 0) is 19.7 Å². The molecule has 0 heterocycles. The second-order valence-corrected chi connectivity index (χ2v) is 10.4. The summed E-state index contributed by atoms with van der Waals surface area (Å²) in [6, 6.07) is 10.8. The molecule has 0 aromatic heterocycles. The van der Waals surface area contributed by atoms with Gasteiger partial charge in [-0.15, -0.1) is 0 Å². The minimum absolute atomic E-state index is 0.615. The lowest BCUT2D eigenvalue weighted by Crippen LogP contribution is -2.40. The van der Waals surface area contributed by atoms with E-state index in [-0.39, 0.29) is 0 Å². The predicted molar refractivity (Wildman–Crippen MR) is 66.2 cm³/mol. The quantitative estimate of drug-likeness (QED) is 0.688. The summed E-state index contributed by atoms with van der Waals surface area (Å²) in [6.07, 6.45) is 0. The molecule has 1 rings (SSSR count). The van der Waals surface area contributed by atoms with Crippen LogP contribution >= 0.6 is 0 Å². The fourth-order valence-corrected chi connectivity index (χ4v) is 4.95. The summed E-state index contributed by atoms with van der Waals surface area (Å²) < 4.78 is 0. The van der Waals surface area contributed by atoms with Crippen molar-refractivity contribution in [3.8, 4) is 0 Å². The van der Waals surface area contributed by atoms with Crippen molar-refractivity contribution in [1.29, 1.82) is 0 Å². The van der Waals surface area contributed by atoms with Gasteiger partial charge in [0.05, 0.1) is 8.07 Å². The highest BCUT2D eigenvalue weighted by atomic mass is 28.3. The Morgan fingerprint density at radius 3 is 1.86 bits per heavy atom. The third-order valence-corrected chi connectivity index (χ3v) is 4.94. The molecule has 0 aliphatic rings. The van der Waals surface area contributed by atoms with Gasteiger partial charge in [0.25, 0.3) is 0 Å². The maximum atomic E-state index is 2.42. The largest absolute Gasteiger partial charge is 0.305 e. The Kier molecular flexibility index (Phi) is 3.51. The van der Waals surface area contributed by atoms with Crippen LogP contribution in [-0.4, -0.2) is 27.1 Å². The molecule has 1 aromatic rings. The molecule has 0 bridgehead atoms. The smallest absolute Gasteiger partial charge is 0.0694 e. The van der Waals surface area contributed by atoms with Gasteiger partial charge in [-0.3, -0.25) is 0 Å². The van der Waals surface area contributed by atoms with Gasteiger partial charge in [-0.2, -0.15) is 0 Å². The molecule has 0 fully saturated rings. The molecular weight excluding hydrogens is 186 g/mol. The molecule has 1 unspecified atom stereocenters. The van der Waals surface area contributed by atoms with E-state index in [0.29, 0.717) is 5.67 Å². The second-order valence-electron chi connectivity index (χ2n) is 5.14. The van der Waals surface area contributed by atoms with Crippen molar-refractivity contribution >= 4 is 8.07 Å². The number of hydrogen-bond donors (Lipinski definition) is 0. The molecule has 1 nitrogen and oxygen atoms in total. The Hall–Kier alpha value is -0.603. The molecule has 1 atom stereocenters. The first-order valence-corrected chi connectivity index (χ1v) is 8.72. The molecule has 78 valence electrons. The van der Waals surface area contributed by atoms with Gasteiger partial charge in [-0.25, -0.2) is 0 Å². The lowest BCUT2D eigenvalue weighted by atomic mass is 10.2. The third kappa shape index (κ3) is 2.69. The van der Waals surface area contributed by atoms with Gasteiger partial charge in [0.2, 0.25) is 0 Å². The van der Waals surface area contributed by atoms with Gasteiger partial charge >= 0.3 is 0 Å². The molecule has 1 aromatic carbocycles.